The van der Waals surface area contributed by atoms with Gasteiger partial charge in [0.15, 0.2) is 0 Å². The van der Waals surface area contributed by atoms with Crippen molar-refractivity contribution in [2.45, 2.75) is 20.3 Å². The topological polar surface area (TPSA) is 49.6 Å². The van der Waals surface area contributed by atoms with E-state index >= 15 is 0 Å². The highest BCUT2D eigenvalue weighted by atomic mass is 16.2. The maximum Gasteiger partial charge on any atom is 0.320 e. The normalized spacial score (nSPS) is 21.4. The average Bonchev–Trinajstić information content (AvgIpc) is 2.60. The molecule has 2 N–H and O–H groups in total. The van der Waals surface area contributed by atoms with Crippen LogP contribution in [0, 0.1) is 5.92 Å². The molecule has 0 aliphatic carbocycles. The van der Waals surface area contributed by atoms with Crippen molar-refractivity contribution in [3.05, 3.63) is 0 Å². The van der Waals surface area contributed by atoms with Crippen LogP contribution >= 0.6 is 0 Å². The molecule has 1 rings (SSSR count). The number of likely N-dealkylation sites (tertiary alicyclic amines) is 1. The molecule has 0 bridgehead atoms. The Labute approximate surface area is 86.0 Å². The Bertz CT molecular complexity index is 190. The van der Waals surface area contributed by atoms with Gasteiger partial charge in [0.05, 0.1) is 0 Å². The van der Waals surface area contributed by atoms with Gasteiger partial charge in [0.25, 0.3) is 0 Å². The molecule has 0 aromatic rings. The van der Waals surface area contributed by atoms with Crippen molar-refractivity contribution in [1.29, 1.82) is 0 Å². The van der Waals surface area contributed by atoms with E-state index in [4.69, 9.17) is 5.73 Å². The first kappa shape index (κ1) is 11.3. The fourth-order valence-corrected chi connectivity index (χ4v) is 1.85. The maximum atomic E-state index is 11.9. The number of rotatable bonds is 3. The number of urea groups is 1. The van der Waals surface area contributed by atoms with E-state index < -0.39 is 0 Å². The zero-order valence-electron chi connectivity index (χ0n) is 9.20. The van der Waals surface area contributed by atoms with Crippen LogP contribution in [0.25, 0.3) is 0 Å². The van der Waals surface area contributed by atoms with E-state index in [0.717, 1.165) is 26.1 Å². The summed E-state index contributed by atoms with van der Waals surface area (Å²) >= 11 is 0. The first-order valence-corrected chi connectivity index (χ1v) is 5.43. The number of hydrogen-bond acceptors (Lipinski definition) is 2. The molecular weight excluding hydrogens is 178 g/mol. The van der Waals surface area contributed by atoms with Crippen molar-refractivity contribution in [2.24, 2.45) is 11.7 Å². The second kappa shape index (κ2) is 5.20. The van der Waals surface area contributed by atoms with Crippen LogP contribution in [0.1, 0.15) is 20.3 Å². The van der Waals surface area contributed by atoms with Gasteiger partial charge in [0.2, 0.25) is 0 Å². The summed E-state index contributed by atoms with van der Waals surface area (Å²) in [6.45, 7) is 7.95. The van der Waals surface area contributed by atoms with Crippen LogP contribution in [0.15, 0.2) is 0 Å². The standard InChI is InChI=1S/C10H21N3O/c1-3-12(7-5-11)10(14)13-6-4-9(2)8-13/h9H,3-8,11H2,1-2H3. The third-order valence-corrected chi connectivity index (χ3v) is 2.75. The smallest absolute Gasteiger partial charge is 0.320 e. The lowest BCUT2D eigenvalue weighted by atomic mass is 10.2. The Morgan fingerprint density at radius 3 is 2.79 bits per heavy atom. The zero-order valence-corrected chi connectivity index (χ0v) is 9.20. The van der Waals surface area contributed by atoms with E-state index in [1.165, 1.54) is 0 Å². The van der Waals surface area contributed by atoms with Crippen LogP contribution in [0.4, 0.5) is 4.79 Å². The van der Waals surface area contributed by atoms with Gasteiger partial charge in [-0.05, 0) is 19.3 Å². The molecule has 1 aliphatic heterocycles. The number of hydrogen-bond donors (Lipinski definition) is 1. The molecule has 14 heavy (non-hydrogen) atoms. The fraction of sp³-hybridized carbons (Fsp3) is 0.900. The SMILES string of the molecule is CCN(CCN)C(=O)N1CCC(C)C1. The minimum absolute atomic E-state index is 0.155. The highest BCUT2D eigenvalue weighted by Crippen LogP contribution is 2.16. The van der Waals surface area contributed by atoms with Gasteiger partial charge in [0, 0.05) is 32.7 Å². The highest BCUT2D eigenvalue weighted by molar-refractivity contribution is 5.74. The summed E-state index contributed by atoms with van der Waals surface area (Å²) < 4.78 is 0. The molecule has 0 aromatic heterocycles. The van der Waals surface area contributed by atoms with E-state index in [0.29, 0.717) is 19.0 Å². The molecule has 0 saturated carbocycles. The lowest BCUT2D eigenvalue weighted by Gasteiger charge is -2.26. The number of nitrogens with zero attached hydrogens (tertiary/aromatic N) is 2. The Balaban J connectivity index is 2.45. The third kappa shape index (κ3) is 2.61. The van der Waals surface area contributed by atoms with Crippen LogP contribution in [0.3, 0.4) is 0 Å². The number of carbonyl (C=O) groups excluding carboxylic acids is 1. The average molecular weight is 199 g/mol. The van der Waals surface area contributed by atoms with Crippen LogP contribution in [-0.2, 0) is 0 Å². The van der Waals surface area contributed by atoms with Gasteiger partial charge in [-0.15, -0.1) is 0 Å². The Morgan fingerprint density at radius 2 is 2.36 bits per heavy atom. The maximum absolute atomic E-state index is 11.9. The Hall–Kier alpha value is -0.770. The molecule has 1 heterocycles. The molecule has 2 amide bonds. The number of amides is 2. The summed E-state index contributed by atoms with van der Waals surface area (Å²) in [6, 6.07) is 0.155. The number of likely N-dealkylation sites (N-methyl/N-ethyl adjacent to an activating group) is 1. The van der Waals surface area contributed by atoms with Crippen molar-refractivity contribution >= 4 is 6.03 Å². The van der Waals surface area contributed by atoms with Crippen molar-refractivity contribution in [3.63, 3.8) is 0 Å². The minimum Gasteiger partial charge on any atom is -0.329 e. The predicted molar refractivity (Wildman–Crippen MR) is 57.1 cm³/mol. The second-order valence-electron chi connectivity index (χ2n) is 3.99. The molecule has 1 fully saturated rings. The van der Waals surface area contributed by atoms with Gasteiger partial charge in [-0.2, -0.15) is 0 Å². The summed E-state index contributed by atoms with van der Waals surface area (Å²) in [4.78, 5) is 15.7. The Kier molecular flexibility index (Phi) is 4.20. The first-order chi connectivity index (χ1) is 6.69. The molecule has 1 unspecified atom stereocenters. The van der Waals surface area contributed by atoms with Crippen molar-refractivity contribution in [1.82, 2.24) is 9.80 Å². The highest BCUT2D eigenvalue weighted by Gasteiger charge is 2.25. The predicted octanol–water partition coefficient (Wildman–Crippen LogP) is 0.729. The number of carbonyl (C=O) groups is 1. The molecule has 0 spiro atoms. The molecule has 1 saturated heterocycles. The van der Waals surface area contributed by atoms with Crippen LogP contribution < -0.4 is 5.73 Å². The van der Waals surface area contributed by atoms with Gasteiger partial charge in [-0.1, -0.05) is 6.92 Å². The van der Waals surface area contributed by atoms with Crippen molar-refractivity contribution < 1.29 is 4.79 Å². The molecule has 82 valence electrons. The lowest BCUT2D eigenvalue weighted by Crippen LogP contribution is -2.44. The lowest BCUT2D eigenvalue weighted by molar-refractivity contribution is 0.165. The van der Waals surface area contributed by atoms with Crippen LogP contribution in [0.5, 0.6) is 0 Å². The van der Waals surface area contributed by atoms with E-state index in [9.17, 15) is 4.79 Å². The summed E-state index contributed by atoms with van der Waals surface area (Å²) in [6.07, 6.45) is 1.13. The van der Waals surface area contributed by atoms with E-state index in [1.807, 2.05) is 16.7 Å². The molecule has 1 aliphatic rings. The van der Waals surface area contributed by atoms with Crippen LogP contribution in [-0.4, -0.2) is 48.6 Å². The molecule has 4 heteroatoms. The van der Waals surface area contributed by atoms with Crippen molar-refractivity contribution in [2.75, 3.05) is 32.7 Å². The summed E-state index contributed by atoms with van der Waals surface area (Å²) in [7, 11) is 0. The third-order valence-electron chi connectivity index (χ3n) is 2.75. The number of nitrogens with two attached hydrogens (primary N) is 1. The first-order valence-electron chi connectivity index (χ1n) is 5.43. The summed E-state index contributed by atoms with van der Waals surface area (Å²) in [5, 5.41) is 0. The Morgan fingerprint density at radius 1 is 1.64 bits per heavy atom. The molecule has 0 aromatic carbocycles. The quantitative estimate of drug-likeness (QED) is 0.728. The molecule has 1 atom stereocenters. The van der Waals surface area contributed by atoms with E-state index in [1.54, 1.807) is 0 Å². The molecule has 4 nitrogen and oxygen atoms in total. The van der Waals surface area contributed by atoms with E-state index in [-0.39, 0.29) is 6.03 Å². The van der Waals surface area contributed by atoms with Gasteiger partial charge >= 0.3 is 6.03 Å². The monoisotopic (exact) mass is 199 g/mol. The van der Waals surface area contributed by atoms with E-state index in [2.05, 4.69) is 6.92 Å². The van der Waals surface area contributed by atoms with Gasteiger partial charge in [0.1, 0.15) is 0 Å². The molecular formula is C10H21N3O. The second-order valence-corrected chi connectivity index (χ2v) is 3.99. The summed E-state index contributed by atoms with van der Waals surface area (Å²) in [5.41, 5.74) is 5.46. The van der Waals surface area contributed by atoms with Gasteiger partial charge in [-0.3, -0.25) is 0 Å². The molecule has 0 radical (unpaired) electrons. The van der Waals surface area contributed by atoms with Gasteiger partial charge < -0.3 is 15.5 Å². The zero-order chi connectivity index (χ0) is 10.6. The van der Waals surface area contributed by atoms with Crippen LogP contribution in [0.2, 0.25) is 0 Å². The fourth-order valence-electron chi connectivity index (χ4n) is 1.85. The van der Waals surface area contributed by atoms with Gasteiger partial charge in [-0.25, -0.2) is 4.79 Å². The summed E-state index contributed by atoms with van der Waals surface area (Å²) in [5.74, 6) is 0.649. The van der Waals surface area contributed by atoms with Crippen molar-refractivity contribution in [3.8, 4) is 0 Å². The minimum atomic E-state index is 0.155. The largest absolute Gasteiger partial charge is 0.329 e.